The smallest absolute Gasteiger partial charge is 0.396 e. The lowest BCUT2D eigenvalue weighted by molar-refractivity contribution is -0.143. The molecule has 1 heterocycles. The van der Waals surface area contributed by atoms with E-state index in [1.807, 2.05) is 0 Å². The summed E-state index contributed by atoms with van der Waals surface area (Å²) in [5.74, 6) is 1.03. The van der Waals surface area contributed by atoms with Crippen molar-refractivity contribution in [2.45, 2.75) is 43.9 Å². The highest BCUT2D eigenvalue weighted by atomic mass is 19.4. The monoisotopic (exact) mass is 335 g/mol. The van der Waals surface area contributed by atoms with Gasteiger partial charge in [0, 0.05) is 37.7 Å². The number of aliphatic hydroxyl groups is 1. The second-order valence-electron chi connectivity index (χ2n) is 7.16. The van der Waals surface area contributed by atoms with Gasteiger partial charge in [-0.05, 0) is 37.5 Å². The molecule has 132 valence electrons. The maximum Gasteiger partial charge on any atom is 0.401 e. The molecule has 2 saturated carbocycles. The number of likely N-dealkylation sites (tertiary alicyclic amines) is 1. The zero-order chi connectivity index (χ0) is 16.6. The molecule has 5 nitrogen and oxygen atoms in total. The lowest BCUT2D eigenvalue weighted by atomic mass is 9.85. The van der Waals surface area contributed by atoms with Crippen LogP contribution < -0.4 is 10.6 Å². The Morgan fingerprint density at radius 1 is 1.17 bits per heavy atom. The minimum atomic E-state index is -4.20. The van der Waals surface area contributed by atoms with E-state index in [0.717, 1.165) is 19.3 Å². The molecule has 3 aliphatic rings. The summed E-state index contributed by atoms with van der Waals surface area (Å²) in [6.07, 6.45) is -0.420. The Morgan fingerprint density at radius 3 is 2.61 bits per heavy atom. The van der Waals surface area contributed by atoms with E-state index in [1.54, 1.807) is 0 Å². The Kier molecular flexibility index (Phi) is 4.73. The molecule has 2 amide bonds. The molecule has 5 atom stereocenters. The lowest BCUT2D eigenvalue weighted by Crippen LogP contribution is -2.51. The van der Waals surface area contributed by atoms with Crippen LogP contribution in [0, 0.1) is 17.8 Å². The van der Waals surface area contributed by atoms with Gasteiger partial charge >= 0.3 is 12.2 Å². The average molecular weight is 335 g/mol. The minimum absolute atomic E-state index is 0.00793. The Labute approximate surface area is 133 Å². The van der Waals surface area contributed by atoms with Gasteiger partial charge in [-0.25, -0.2) is 4.79 Å². The highest BCUT2D eigenvalue weighted by Gasteiger charge is 2.47. The topological polar surface area (TPSA) is 64.6 Å². The van der Waals surface area contributed by atoms with Crippen molar-refractivity contribution in [2.75, 3.05) is 26.2 Å². The Morgan fingerprint density at radius 2 is 1.91 bits per heavy atom. The van der Waals surface area contributed by atoms with Crippen LogP contribution in [0.25, 0.3) is 0 Å². The number of carbonyl (C=O) groups is 1. The van der Waals surface area contributed by atoms with E-state index in [9.17, 15) is 23.1 Å². The molecule has 0 spiro atoms. The second kappa shape index (κ2) is 6.47. The van der Waals surface area contributed by atoms with Gasteiger partial charge in [0.05, 0.1) is 6.54 Å². The number of nitrogens with zero attached hydrogens (tertiary/aromatic N) is 1. The van der Waals surface area contributed by atoms with E-state index in [1.165, 1.54) is 4.90 Å². The summed E-state index contributed by atoms with van der Waals surface area (Å²) in [5.41, 5.74) is 0. The molecule has 1 saturated heterocycles. The molecule has 3 fully saturated rings. The van der Waals surface area contributed by atoms with Crippen LogP contribution in [0.15, 0.2) is 0 Å². The quantitative estimate of drug-likeness (QED) is 0.726. The first kappa shape index (κ1) is 16.8. The number of fused-ring (bicyclic) bond motifs is 2. The number of hydrogen-bond donors (Lipinski definition) is 3. The molecular formula is C15H24F3N3O2. The molecule has 0 aromatic carbocycles. The number of amides is 2. The van der Waals surface area contributed by atoms with Crippen LogP contribution in [0.2, 0.25) is 0 Å². The molecule has 0 aromatic heterocycles. The Bertz CT molecular complexity index is 446. The number of nitrogens with one attached hydrogen (secondary N) is 2. The molecule has 3 rings (SSSR count). The van der Waals surface area contributed by atoms with Gasteiger partial charge in [-0.2, -0.15) is 13.2 Å². The molecule has 2 aliphatic carbocycles. The van der Waals surface area contributed by atoms with Gasteiger partial charge < -0.3 is 15.7 Å². The van der Waals surface area contributed by atoms with Gasteiger partial charge in [-0.15, -0.1) is 0 Å². The zero-order valence-corrected chi connectivity index (χ0v) is 13.0. The summed E-state index contributed by atoms with van der Waals surface area (Å²) >= 11 is 0. The fourth-order valence-electron chi connectivity index (χ4n) is 4.62. The van der Waals surface area contributed by atoms with E-state index in [-0.39, 0.29) is 37.2 Å². The molecular weight excluding hydrogens is 311 g/mol. The van der Waals surface area contributed by atoms with Gasteiger partial charge in [0.25, 0.3) is 0 Å². The normalized spacial score (nSPS) is 37.3. The van der Waals surface area contributed by atoms with Crippen LogP contribution in [-0.2, 0) is 0 Å². The summed E-state index contributed by atoms with van der Waals surface area (Å²) in [4.78, 5) is 13.5. The van der Waals surface area contributed by atoms with Crippen molar-refractivity contribution in [1.82, 2.24) is 15.5 Å². The number of halogens is 3. The predicted octanol–water partition coefficient (Wildman–Crippen LogP) is 1.33. The SMILES string of the molecule is O=C(NC1CCN(CC(F)(F)F)C1)NC1C2CCC(C2)C1CO. The minimum Gasteiger partial charge on any atom is -0.396 e. The second-order valence-corrected chi connectivity index (χ2v) is 7.16. The third kappa shape index (κ3) is 3.91. The molecule has 0 aromatic rings. The van der Waals surface area contributed by atoms with Crippen LogP contribution in [-0.4, -0.2) is 60.5 Å². The van der Waals surface area contributed by atoms with Gasteiger partial charge in [0.2, 0.25) is 0 Å². The van der Waals surface area contributed by atoms with Crippen molar-refractivity contribution in [1.29, 1.82) is 0 Å². The first-order valence-corrected chi connectivity index (χ1v) is 8.32. The van der Waals surface area contributed by atoms with Crippen molar-refractivity contribution in [3.05, 3.63) is 0 Å². The van der Waals surface area contributed by atoms with E-state index < -0.39 is 12.7 Å². The van der Waals surface area contributed by atoms with E-state index in [0.29, 0.717) is 24.8 Å². The molecule has 0 radical (unpaired) electrons. The number of aliphatic hydroxyl groups excluding tert-OH is 1. The number of hydrogen-bond acceptors (Lipinski definition) is 3. The van der Waals surface area contributed by atoms with Crippen molar-refractivity contribution in [3.63, 3.8) is 0 Å². The molecule has 3 N–H and O–H groups in total. The van der Waals surface area contributed by atoms with Crippen molar-refractivity contribution in [2.24, 2.45) is 17.8 Å². The zero-order valence-electron chi connectivity index (χ0n) is 13.0. The average Bonchev–Trinajstić information content (AvgIpc) is 3.13. The van der Waals surface area contributed by atoms with Gasteiger partial charge in [0.15, 0.2) is 0 Å². The van der Waals surface area contributed by atoms with Crippen molar-refractivity contribution >= 4 is 6.03 Å². The van der Waals surface area contributed by atoms with Crippen LogP contribution in [0.3, 0.4) is 0 Å². The summed E-state index contributed by atoms with van der Waals surface area (Å²) in [5, 5.41) is 15.2. The standard InChI is InChI=1S/C15H24F3N3O2/c16-15(17,18)8-21-4-3-11(6-21)19-14(23)20-13-10-2-1-9(5-10)12(13)7-22/h9-13,22H,1-8H2,(H2,19,20,23). The van der Waals surface area contributed by atoms with E-state index >= 15 is 0 Å². The third-order valence-corrected chi connectivity index (χ3v) is 5.61. The van der Waals surface area contributed by atoms with E-state index in [2.05, 4.69) is 10.6 Å². The highest BCUT2D eigenvalue weighted by molar-refractivity contribution is 5.74. The fraction of sp³-hybridized carbons (Fsp3) is 0.933. The van der Waals surface area contributed by atoms with Crippen molar-refractivity contribution < 1.29 is 23.1 Å². The molecule has 5 unspecified atom stereocenters. The summed E-state index contributed by atoms with van der Waals surface area (Å²) in [6.45, 7) is -0.272. The Balaban J connectivity index is 1.45. The third-order valence-electron chi connectivity index (χ3n) is 5.61. The first-order valence-electron chi connectivity index (χ1n) is 8.32. The molecule has 2 bridgehead atoms. The Hall–Kier alpha value is -1.02. The predicted molar refractivity (Wildman–Crippen MR) is 77.8 cm³/mol. The number of rotatable bonds is 4. The number of carbonyl (C=O) groups excluding carboxylic acids is 1. The maximum absolute atomic E-state index is 12.4. The highest BCUT2D eigenvalue weighted by Crippen LogP contribution is 2.48. The van der Waals surface area contributed by atoms with Gasteiger partial charge in [0.1, 0.15) is 0 Å². The van der Waals surface area contributed by atoms with Crippen molar-refractivity contribution in [3.8, 4) is 0 Å². The maximum atomic E-state index is 12.4. The van der Waals surface area contributed by atoms with E-state index in [4.69, 9.17) is 0 Å². The summed E-state index contributed by atoms with van der Waals surface area (Å²) in [6, 6.07) is -0.574. The van der Waals surface area contributed by atoms with Crippen LogP contribution in [0.1, 0.15) is 25.7 Å². The summed E-state index contributed by atoms with van der Waals surface area (Å²) < 4.78 is 37.1. The van der Waals surface area contributed by atoms with Gasteiger partial charge in [-0.1, -0.05) is 0 Å². The van der Waals surface area contributed by atoms with Crippen LogP contribution in [0.4, 0.5) is 18.0 Å². The lowest BCUT2D eigenvalue weighted by Gasteiger charge is -2.31. The molecule has 1 aliphatic heterocycles. The first-order chi connectivity index (χ1) is 10.9. The fourth-order valence-corrected chi connectivity index (χ4v) is 4.62. The largest absolute Gasteiger partial charge is 0.401 e. The van der Waals surface area contributed by atoms with Crippen LogP contribution in [0.5, 0.6) is 0 Å². The number of urea groups is 1. The molecule has 23 heavy (non-hydrogen) atoms. The summed E-state index contributed by atoms with van der Waals surface area (Å²) in [7, 11) is 0. The van der Waals surface area contributed by atoms with Gasteiger partial charge in [-0.3, -0.25) is 4.90 Å². The molecule has 8 heteroatoms. The van der Waals surface area contributed by atoms with Crippen LogP contribution >= 0.6 is 0 Å². The number of alkyl halides is 3.